The third-order valence-electron chi connectivity index (χ3n) is 5.77. The summed E-state index contributed by atoms with van der Waals surface area (Å²) in [6.45, 7) is 4.46. The van der Waals surface area contributed by atoms with Crippen molar-refractivity contribution in [1.29, 1.82) is 0 Å². The number of imidazole rings is 1. The quantitative estimate of drug-likeness (QED) is 0.348. The van der Waals surface area contributed by atoms with Crippen molar-refractivity contribution in [2.24, 2.45) is 0 Å². The van der Waals surface area contributed by atoms with Gasteiger partial charge in [-0.3, -0.25) is 13.9 Å². The number of hydrogen-bond acceptors (Lipinski definition) is 6. The van der Waals surface area contributed by atoms with Crippen molar-refractivity contribution < 1.29 is 17.6 Å². The van der Waals surface area contributed by atoms with Gasteiger partial charge in [-0.2, -0.15) is 18.3 Å². The number of aryl methyl sites for hydroxylation is 1. The molecule has 0 saturated heterocycles. The van der Waals surface area contributed by atoms with E-state index in [0.717, 1.165) is 10.7 Å². The Bertz CT molecular complexity index is 1670. The largest absolute Gasteiger partial charge is 0.463 e. The van der Waals surface area contributed by atoms with Gasteiger partial charge in [-0.15, -0.1) is 0 Å². The number of furan rings is 1. The molecular weight excluding hydrogens is 491 g/mol. The van der Waals surface area contributed by atoms with Crippen LogP contribution in [0.5, 0.6) is 0 Å². The highest BCUT2D eigenvalue weighted by atomic mass is 19.4. The molecule has 192 valence electrons. The first-order chi connectivity index (χ1) is 17.7. The van der Waals surface area contributed by atoms with E-state index in [9.17, 15) is 22.8 Å². The summed E-state index contributed by atoms with van der Waals surface area (Å²) < 4.78 is 49.1. The van der Waals surface area contributed by atoms with Gasteiger partial charge in [-0.05, 0) is 37.1 Å². The lowest BCUT2D eigenvalue weighted by molar-refractivity contribution is -0.141. The van der Waals surface area contributed by atoms with Crippen LogP contribution < -0.4 is 11.2 Å². The maximum Gasteiger partial charge on any atom is 0.435 e. The molecule has 0 spiro atoms. The zero-order valence-electron chi connectivity index (χ0n) is 19.9. The third-order valence-corrected chi connectivity index (χ3v) is 5.77. The van der Waals surface area contributed by atoms with Gasteiger partial charge in [0, 0.05) is 30.9 Å². The van der Waals surface area contributed by atoms with Crippen LogP contribution in [-0.4, -0.2) is 33.9 Å². The molecule has 0 aromatic carbocycles. The molecule has 1 N–H and O–H groups in total. The van der Waals surface area contributed by atoms with Crippen LogP contribution in [0.4, 0.5) is 13.2 Å². The van der Waals surface area contributed by atoms with Gasteiger partial charge < -0.3 is 9.40 Å². The Morgan fingerprint density at radius 3 is 2.43 bits per heavy atom. The topological polar surface area (TPSA) is 117 Å². The summed E-state index contributed by atoms with van der Waals surface area (Å²) in [5.41, 5.74) is -0.970. The predicted molar refractivity (Wildman–Crippen MR) is 128 cm³/mol. The van der Waals surface area contributed by atoms with Crippen molar-refractivity contribution in [2.75, 3.05) is 0 Å². The Hall–Kier alpha value is -4.42. The average molecular weight is 513 g/mol. The molecule has 0 bridgehead atoms. The lowest BCUT2D eigenvalue weighted by Crippen LogP contribution is -2.40. The second-order valence-corrected chi connectivity index (χ2v) is 8.38. The molecule has 5 heterocycles. The molecular formula is C24H22F3N7O3. The number of pyridine rings is 1. The van der Waals surface area contributed by atoms with Gasteiger partial charge in [0.05, 0.1) is 6.26 Å². The summed E-state index contributed by atoms with van der Waals surface area (Å²) in [5.74, 6) is 0.616. The van der Waals surface area contributed by atoms with Crippen LogP contribution in [0.2, 0.25) is 0 Å². The molecule has 5 aromatic rings. The molecule has 10 nitrogen and oxygen atoms in total. The Kier molecular flexibility index (Phi) is 6.05. The van der Waals surface area contributed by atoms with E-state index in [1.807, 2.05) is 13.8 Å². The highest BCUT2D eigenvalue weighted by molar-refractivity contribution is 5.75. The van der Waals surface area contributed by atoms with Crippen molar-refractivity contribution >= 4 is 11.2 Å². The van der Waals surface area contributed by atoms with Crippen LogP contribution in [0.25, 0.3) is 39.8 Å². The van der Waals surface area contributed by atoms with E-state index >= 15 is 0 Å². The fourth-order valence-corrected chi connectivity index (χ4v) is 4.09. The summed E-state index contributed by atoms with van der Waals surface area (Å²) in [4.78, 5) is 37.6. The van der Waals surface area contributed by atoms with Crippen LogP contribution in [-0.2, 0) is 19.3 Å². The van der Waals surface area contributed by atoms with E-state index < -0.39 is 23.1 Å². The van der Waals surface area contributed by atoms with Gasteiger partial charge >= 0.3 is 11.9 Å². The summed E-state index contributed by atoms with van der Waals surface area (Å²) in [5, 5.41) is 3.69. The maximum absolute atomic E-state index is 13.4. The number of fused-ring (bicyclic) bond motifs is 1. The van der Waals surface area contributed by atoms with Crippen molar-refractivity contribution in [1.82, 2.24) is 33.9 Å². The van der Waals surface area contributed by atoms with Crippen molar-refractivity contribution in [3.8, 4) is 28.7 Å². The fourth-order valence-electron chi connectivity index (χ4n) is 4.09. The zero-order chi connectivity index (χ0) is 26.3. The molecule has 0 atom stereocenters. The Labute approximate surface area is 207 Å². The molecule has 5 rings (SSSR count). The fraction of sp³-hybridized carbons (Fsp3) is 0.292. The summed E-state index contributed by atoms with van der Waals surface area (Å²) in [7, 11) is 0. The molecule has 13 heteroatoms. The monoisotopic (exact) mass is 513 g/mol. The number of rotatable bonds is 7. The van der Waals surface area contributed by atoms with E-state index in [-0.39, 0.29) is 35.0 Å². The average Bonchev–Trinajstić information content (AvgIpc) is 3.63. The SMILES string of the molecule is CCCn1c(=O)c2[nH]c(-c3ccc(-n4nc(C(F)(F)F)cc4-c4ccco4)nc3)nc2n(CCC)c1=O. The molecule has 0 fully saturated rings. The van der Waals surface area contributed by atoms with Gasteiger partial charge in [-0.1, -0.05) is 13.8 Å². The summed E-state index contributed by atoms with van der Waals surface area (Å²) in [6, 6.07) is 7.05. The third kappa shape index (κ3) is 4.26. The molecule has 37 heavy (non-hydrogen) atoms. The van der Waals surface area contributed by atoms with Gasteiger partial charge in [0.25, 0.3) is 5.56 Å². The number of halogens is 3. The number of alkyl halides is 3. The predicted octanol–water partition coefficient (Wildman–Crippen LogP) is 4.23. The number of aromatic amines is 1. The van der Waals surface area contributed by atoms with E-state index in [1.54, 1.807) is 12.1 Å². The number of H-pyrrole nitrogens is 1. The number of hydrogen-bond donors (Lipinski definition) is 1. The standard InChI is InChI=1S/C24H22F3N7O3/c1-3-9-32-21-19(22(35)33(10-4-2)23(32)36)29-20(30-21)14-7-8-18(28-13-14)34-15(16-6-5-11-37-16)12-17(31-34)24(25,26)27/h5-8,11-13H,3-4,9-10H2,1-2H3,(H,29,30). The summed E-state index contributed by atoms with van der Waals surface area (Å²) >= 11 is 0. The minimum Gasteiger partial charge on any atom is -0.463 e. The van der Waals surface area contributed by atoms with Crippen molar-refractivity contribution in [2.45, 2.75) is 46.0 Å². The highest BCUT2D eigenvalue weighted by Crippen LogP contribution is 2.33. The maximum atomic E-state index is 13.4. The molecule has 0 unspecified atom stereocenters. The van der Waals surface area contributed by atoms with Gasteiger partial charge in [0.2, 0.25) is 0 Å². The van der Waals surface area contributed by atoms with Crippen molar-refractivity contribution in [3.63, 3.8) is 0 Å². The van der Waals surface area contributed by atoms with Crippen LogP contribution in [0.1, 0.15) is 32.4 Å². The smallest absolute Gasteiger partial charge is 0.435 e. The molecule has 0 saturated carbocycles. The number of aromatic nitrogens is 7. The van der Waals surface area contributed by atoms with Gasteiger partial charge in [-0.25, -0.2) is 19.4 Å². The highest BCUT2D eigenvalue weighted by Gasteiger charge is 2.36. The zero-order valence-corrected chi connectivity index (χ0v) is 19.9. The van der Waals surface area contributed by atoms with Gasteiger partial charge in [0.15, 0.2) is 22.9 Å². The van der Waals surface area contributed by atoms with Gasteiger partial charge in [0.1, 0.15) is 17.0 Å². The Morgan fingerprint density at radius 1 is 1.05 bits per heavy atom. The van der Waals surface area contributed by atoms with Crippen LogP contribution >= 0.6 is 0 Å². The van der Waals surface area contributed by atoms with E-state index in [0.29, 0.717) is 30.8 Å². The molecule has 5 aromatic heterocycles. The van der Waals surface area contributed by atoms with Crippen LogP contribution in [0.3, 0.4) is 0 Å². The second-order valence-electron chi connectivity index (χ2n) is 8.38. The Morgan fingerprint density at radius 2 is 1.81 bits per heavy atom. The lowest BCUT2D eigenvalue weighted by atomic mass is 10.2. The van der Waals surface area contributed by atoms with E-state index in [1.165, 1.54) is 33.7 Å². The molecule has 0 aliphatic carbocycles. The lowest BCUT2D eigenvalue weighted by Gasteiger charge is -2.09. The van der Waals surface area contributed by atoms with Crippen LogP contribution in [0, 0.1) is 0 Å². The first-order valence-corrected chi connectivity index (χ1v) is 11.6. The minimum absolute atomic E-state index is 0.0846. The molecule has 0 amide bonds. The molecule has 0 aliphatic heterocycles. The Balaban J connectivity index is 1.59. The number of nitrogens with zero attached hydrogens (tertiary/aromatic N) is 6. The minimum atomic E-state index is -4.65. The van der Waals surface area contributed by atoms with Crippen molar-refractivity contribution in [3.05, 3.63) is 69.3 Å². The van der Waals surface area contributed by atoms with Crippen LogP contribution in [0.15, 0.2) is 56.8 Å². The second kappa shape index (κ2) is 9.22. The molecule has 0 aliphatic rings. The summed E-state index contributed by atoms with van der Waals surface area (Å²) in [6.07, 6.45) is -0.618. The van der Waals surface area contributed by atoms with E-state index in [2.05, 4.69) is 20.1 Å². The van der Waals surface area contributed by atoms with E-state index in [4.69, 9.17) is 4.42 Å². The molecule has 0 radical (unpaired) electrons. The number of nitrogens with one attached hydrogen (secondary N) is 1. The normalized spacial score (nSPS) is 12.0. The first kappa shape index (κ1) is 24.3. The first-order valence-electron chi connectivity index (χ1n) is 11.6.